The van der Waals surface area contributed by atoms with Crippen molar-refractivity contribution in [2.24, 2.45) is 5.92 Å². The Labute approximate surface area is 140 Å². The summed E-state index contributed by atoms with van der Waals surface area (Å²) in [6.07, 6.45) is 15.9. The monoisotopic (exact) mass is 328 g/mol. The molecule has 0 aliphatic heterocycles. The maximum absolute atomic E-state index is 11.9. The molecule has 1 atom stereocenters. The number of carbonyl (C=O) groups is 1. The second kappa shape index (κ2) is 13.2. The predicted molar refractivity (Wildman–Crippen MR) is 99.7 cm³/mol. The molecule has 0 amide bonds. The quantitative estimate of drug-likeness (QED) is 0.262. The van der Waals surface area contributed by atoms with E-state index in [0.717, 1.165) is 6.42 Å². The first-order chi connectivity index (χ1) is 10.4. The average molecular weight is 329 g/mol. The molecule has 0 heterocycles. The van der Waals surface area contributed by atoms with Crippen molar-refractivity contribution in [3.8, 4) is 0 Å². The minimum absolute atomic E-state index is 0.0197. The van der Waals surface area contributed by atoms with Crippen LogP contribution in [0, 0.1) is 5.92 Å². The van der Waals surface area contributed by atoms with E-state index in [4.69, 9.17) is 4.43 Å². The highest BCUT2D eigenvalue weighted by molar-refractivity contribution is 6.71. The highest BCUT2D eigenvalue weighted by atomic mass is 28.4. The molecule has 2 nitrogen and oxygen atoms in total. The van der Waals surface area contributed by atoms with Gasteiger partial charge < -0.3 is 4.43 Å². The summed E-state index contributed by atoms with van der Waals surface area (Å²) in [7, 11) is -1.71. The molecule has 0 bridgehead atoms. The van der Waals surface area contributed by atoms with E-state index in [9.17, 15) is 4.79 Å². The zero-order chi connectivity index (χ0) is 16.8. The average Bonchev–Trinajstić information content (AvgIpc) is 2.42. The van der Waals surface area contributed by atoms with Crippen molar-refractivity contribution in [1.82, 2.24) is 0 Å². The summed E-state index contributed by atoms with van der Waals surface area (Å²) < 4.78 is 5.55. The van der Waals surface area contributed by atoms with Crippen molar-refractivity contribution < 1.29 is 9.22 Å². The summed E-state index contributed by atoms with van der Waals surface area (Å²) in [4.78, 5) is 11.9. The lowest BCUT2D eigenvalue weighted by Gasteiger charge is -2.20. The Morgan fingerprint density at radius 2 is 1.23 bits per heavy atom. The SMILES string of the molecule is CCCCCCCCCCCCCC(C)C(=O)O[Si](C)(C)C. The third kappa shape index (κ3) is 14.6. The van der Waals surface area contributed by atoms with Crippen LogP contribution in [0.25, 0.3) is 0 Å². The number of unbranched alkanes of at least 4 members (excludes halogenated alkanes) is 10. The van der Waals surface area contributed by atoms with E-state index in [1.165, 1.54) is 70.6 Å². The largest absolute Gasteiger partial charge is 0.520 e. The van der Waals surface area contributed by atoms with E-state index < -0.39 is 8.32 Å². The molecule has 0 radical (unpaired) electrons. The van der Waals surface area contributed by atoms with Gasteiger partial charge in [0, 0.05) is 0 Å². The summed E-state index contributed by atoms with van der Waals surface area (Å²) >= 11 is 0. The summed E-state index contributed by atoms with van der Waals surface area (Å²) in [6.45, 7) is 10.5. The van der Waals surface area contributed by atoms with Gasteiger partial charge in [0.25, 0.3) is 5.97 Å². The molecule has 3 heteroatoms. The predicted octanol–water partition coefficient (Wildman–Crippen LogP) is 6.70. The Morgan fingerprint density at radius 1 is 0.818 bits per heavy atom. The molecule has 0 saturated heterocycles. The van der Waals surface area contributed by atoms with Gasteiger partial charge in [-0.15, -0.1) is 0 Å². The van der Waals surface area contributed by atoms with Gasteiger partial charge in [0.2, 0.25) is 8.32 Å². The molecule has 0 saturated carbocycles. The second-order valence-corrected chi connectivity index (χ2v) is 12.2. The number of carbonyl (C=O) groups excluding carboxylic acids is 1. The van der Waals surface area contributed by atoms with Crippen LogP contribution in [0.15, 0.2) is 0 Å². The maximum atomic E-state index is 11.9. The third-order valence-corrected chi connectivity index (χ3v) is 4.86. The molecule has 0 spiro atoms. The fraction of sp³-hybridized carbons (Fsp3) is 0.947. The van der Waals surface area contributed by atoms with Crippen molar-refractivity contribution in [3.05, 3.63) is 0 Å². The Kier molecular flexibility index (Phi) is 13.0. The summed E-state index contributed by atoms with van der Waals surface area (Å²) in [5.74, 6) is 0.0940. The zero-order valence-corrected chi connectivity index (χ0v) is 16.9. The van der Waals surface area contributed by atoms with Gasteiger partial charge in [0.1, 0.15) is 0 Å². The van der Waals surface area contributed by atoms with Crippen LogP contribution < -0.4 is 0 Å². The molecule has 22 heavy (non-hydrogen) atoms. The molecule has 0 aliphatic rings. The second-order valence-electron chi connectivity index (χ2n) is 7.76. The number of hydrogen-bond acceptors (Lipinski definition) is 2. The van der Waals surface area contributed by atoms with Gasteiger partial charge in [-0.3, -0.25) is 4.79 Å². The van der Waals surface area contributed by atoms with Crippen molar-refractivity contribution in [2.75, 3.05) is 0 Å². The number of hydrogen-bond donors (Lipinski definition) is 0. The van der Waals surface area contributed by atoms with Crippen molar-refractivity contribution in [3.63, 3.8) is 0 Å². The lowest BCUT2D eigenvalue weighted by atomic mass is 10.0. The Bertz CT molecular complexity index is 271. The lowest BCUT2D eigenvalue weighted by Crippen LogP contribution is -2.32. The van der Waals surface area contributed by atoms with Crippen LogP contribution in [0.3, 0.4) is 0 Å². The first-order valence-corrected chi connectivity index (χ1v) is 13.0. The van der Waals surface area contributed by atoms with Crippen LogP contribution in [0.5, 0.6) is 0 Å². The molecule has 0 aromatic carbocycles. The smallest absolute Gasteiger partial charge is 0.295 e. The van der Waals surface area contributed by atoms with Crippen LogP contribution in [0.4, 0.5) is 0 Å². The number of rotatable bonds is 14. The first-order valence-electron chi connectivity index (χ1n) is 9.59. The van der Waals surface area contributed by atoms with Crippen LogP contribution in [0.1, 0.15) is 90.9 Å². The standard InChI is InChI=1S/C19H40O2Si/c1-6-7-8-9-10-11-12-13-14-15-16-17-18(2)19(20)21-22(3,4)5/h18H,6-17H2,1-5H3. The molecule has 0 aromatic heterocycles. The van der Waals surface area contributed by atoms with Crippen LogP contribution in [-0.4, -0.2) is 14.3 Å². The van der Waals surface area contributed by atoms with Gasteiger partial charge in [-0.2, -0.15) is 0 Å². The van der Waals surface area contributed by atoms with Crippen LogP contribution >= 0.6 is 0 Å². The lowest BCUT2D eigenvalue weighted by molar-refractivity contribution is -0.139. The Morgan fingerprint density at radius 3 is 1.64 bits per heavy atom. The zero-order valence-electron chi connectivity index (χ0n) is 15.9. The normalized spacial score (nSPS) is 13.1. The van der Waals surface area contributed by atoms with E-state index in [0.29, 0.717) is 0 Å². The van der Waals surface area contributed by atoms with Crippen molar-refractivity contribution in [1.29, 1.82) is 0 Å². The van der Waals surface area contributed by atoms with Gasteiger partial charge in [0.05, 0.1) is 5.92 Å². The molecular formula is C19H40O2Si. The van der Waals surface area contributed by atoms with Gasteiger partial charge in [-0.1, -0.05) is 84.5 Å². The molecule has 0 N–H and O–H groups in total. The fourth-order valence-electron chi connectivity index (χ4n) is 2.63. The molecule has 0 rings (SSSR count). The molecule has 0 aromatic rings. The van der Waals surface area contributed by atoms with E-state index in [1.54, 1.807) is 0 Å². The summed E-state index contributed by atoms with van der Waals surface area (Å²) in [5, 5.41) is 0. The van der Waals surface area contributed by atoms with Crippen LogP contribution in [-0.2, 0) is 9.22 Å². The Hall–Kier alpha value is -0.313. The maximum Gasteiger partial charge on any atom is 0.295 e. The minimum atomic E-state index is -1.71. The van der Waals surface area contributed by atoms with Gasteiger partial charge in [0.15, 0.2) is 0 Å². The van der Waals surface area contributed by atoms with E-state index in [1.807, 2.05) is 6.92 Å². The fourth-order valence-corrected chi connectivity index (χ4v) is 3.44. The molecule has 0 aliphatic carbocycles. The van der Waals surface area contributed by atoms with Gasteiger partial charge in [-0.25, -0.2) is 0 Å². The highest BCUT2D eigenvalue weighted by Crippen LogP contribution is 2.16. The molecule has 0 fully saturated rings. The summed E-state index contributed by atoms with van der Waals surface area (Å²) in [6, 6.07) is 0. The first kappa shape index (κ1) is 21.7. The highest BCUT2D eigenvalue weighted by Gasteiger charge is 2.23. The van der Waals surface area contributed by atoms with Gasteiger partial charge >= 0.3 is 0 Å². The molecule has 132 valence electrons. The van der Waals surface area contributed by atoms with Gasteiger partial charge in [-0.05, 0) is 26.1 Å². The van der Waals surface area contributed by atoms with Crippen LogP contribution in [0.2, 0.25) is 19.6 Å². The topological polar surface area (TPSA) is 26.3 Å². The van der Waals surface area contributed by atoms with E-state index in [2.05, 4.69) is 26.6 Å². The van der Waals surface area contributed by atoms with E-state index in [-0.39, 0.29) is 11.9 Å². The Balaban J connectivity index is 3.37. The van der Waals surface area contributed by atoms with Crippen molar-refractivity contribution in [2.45, 2.75) is 111 Å². The summed E-state index contributed by atoms with van der Waals surface area (Å²) in [5.41, 5.74) is 0. The van der Waals surface area contributed by atoms with Crippen molar-refractivity contribution >= 4 is 14.3 Å². The molecular weight excluding hydrogens is 288 g/mol. The third-order valence-electron chi connectivity index (χ3n) is 4.05. The van der Waals surface area contributed by atoms with E-state index >= 15 is 0 Å². The minimum Gasteiger partial charge on any atom is -0.520 e. The molecule has 1 unspecified atom stereocenters.